The minimum Gasteiger partial charge on any atom is -0.503 e. The van der Waals surface area contributed by atoms with E-state index in [1.807, 2.05) is 6.07 Å². The topological polar surface area (TPSA) is 91.6 Å². The monoisotopic (exact) mass is 503 g/mol. The molecule has 2 aliphatic rings. The van der Waals surface area contributed by atoms with E-state index < -0.39 is 64.2 Å². The van der Waals surface area contributed by atoms with Crippen molar-refractivity contribution in [2.24, 2.45) is 0 Å². The van der Waals surface area contributed by atoms with E-state index in [0.29, 0.717) is 23.6 Å². The maximum Gasteiger partial charge on any atom is 0.274 e. The number of hydrogen-bond donors (Lipinski definition) is 2. The Morgan fingerprint density at radius 3 is 2.54 bits per heavy atom. The molecule has 35 heavy (non-hydrogen) atoms. The van der Waals surface area contributed by atoms with Crippen molar-refractivity contribution in [3.8, 4) is 5.75 Å². The Hall–Kier alpha value is -3.79. The van der Waals surface area contributed by atoms with Crippen molar-refractivity contribution in [2.75, 3.05) is 6.54 Å². The summed E-state index contributed by atoms with van der Waals surface area (Å²) in [4.78, 5) is 40.1. The number of fused-ring (bicyclic) bond motifs is 5. The molecule has 7 nitrogen and oxygen atoms in total. The van der Waals surface area contributed by atoms with Gasteiger partial charge in [-0.2, -0.15) is 0 Å². The summed E-state index contributed by atoms with van der Waals surface area (Å²) in [7, 11) is 0. The van der Waals surface area contributed by atoms with Gasteiger partial charge in [-0.3, -0.25) is 14.4 Å². The zero-order valence-electron chi connectivity index (χ0n) is 17.9. The second-order valence-electron chi connectivity index (χ2n) is 8.46. The Bertz CT molecular complexity index is 1450. The summed E-state index contributed by atoms with van der Waals surface area (Å²) >= 11 is 6.13. The first-order valence-corrected chi connectivity index (χ1v) is 11.0. The quantitative estimate of drug-likeness (QED) is 0.574. The molecule has 2 bridgehead atoms. The third-order valence-electron chi connectivity index (χ3n) is 6.29. The lowest BCUT2D eigenvalue weighted by molar-refractivity contribution is 0.0653. The maximum atomic E-state index is 13.9. The van der Waals surface area contributed by atoms with E-state index in [4.69, 9.17) is 11.6 Å². The fraction of sp³-hybridized carbons (Fsp3) is 0.208. The highest BCUT2D eigenvalue weighted by Crippen LogP contribution is 2.34. The largest absolute Gasteiger partial charge is 0.503 e. The zero-order chi connectivity index (χ0) is 25.0. The van der Waals surface area contributed by atoms with Gasteiger partial charge in [-0.1, -0.05) is 17.7 Å². The maximum absolute atomic E-state index is 13.9. The van der Waals surface area contributed by atoms with Crippen LogP contribution in [-0.2, 0) is 19.5 Å². The van der Waals surface area contributed by atoms with E-state index in [1.54, 1.807) is 12.1 Å². The molecule has 11 heteroatoms. The standard InChI is InChI=1S/C24H17ClF3N3O4/c25-13-2-1-11-8-30-9-15(4-12(11)3-13)31-10-17(21(32)22(33)20(31)24(30)35)23(34)29-7-16-18(27)5-14(26)6-19(16)28/h1-3,5-6,10,15,33H,4,7-9H2,(H,29,34). The molecule has 180 valence electrons. The molecule has 0 spiro atoms. The van der Waals surface area contributed by atoms with Crippen LogP contribution >= 0.6 is 11.6 Å². The van der Waals surface area contributed by atoms with Gasteiger partial charge in [0.1, 0.15) is 23.0 Å². The van der Waals surface area contributed by atoms with Crippen molar-refractivity contribution >= 4 is 23.4 Å². The molecular weight excluding hydrogens is 487 g/mol. The average molecular weight is 504 g/mol. The average Bonchev–Trinajstić information content (AvgIpc) is 2.96. The molecule has 1 atom stereocenters. The van der Waals surface area contributed by atoms with Crippen molar-refractivity contribution in [3.63, 3.8) is 0 Å². The molecule has 0 aliphatic carbocycles. The van der Waals surface area contributed by atoms with E-state index >= 15 is 0 Å². The molecule has 0 fully saturated rings. The first-order chi connectivity index (χ1) is 16.6. The molecule has 0 saturated heterocycles. The fourth-order valence-electron chi connectivity index (χ4n) is 4.56. The number of benzene rings is 2. The third kappa shape index (κ3) is 3.93. The first kappa shape index (κ1) is 23.0. The van der Waals surface area contributed by atoms with Crippen molar-refractivity contribution in [2.45, 2.75) is 25.6 Å². The van der Waals surface area contributed by atoms with Crippen LogP contribution in [0.15, 0.2) is 41.3 Å². The fourth-order valence-corrected chi connectivity index (χ4v) is 4.75. The van der Waals surface area contributed by atoms with E-state index in [2.05, 4.69) is 5.32 Å². The lowest BCUT2D eigenvalue weighted by Crippen LogP contribution is -2.44. The zero-order valence-corrected chi connectivity index (χ0v) is 18.7. The molecule has 2 aromatic carbocycles. The van der Waals surface area contributed by atoms with E-state index in [0.717, 1.165) is 11.1 Å². The predicted octanol–water partition coefficient (Wildman–Crippen LogP) is 3.31. The number of hydrogen-bond acceptors (Lipinski definition) is 4. The number of aromatic nitrogens is 1. The van der Waals surface area contributed by atoms with Gasteiger partial charge in [0.05, 0.1) is 6.04 Å². The Balaban J connectivity index is 1.51. The Labute approximate surface area is 201 Å². The van der Waals surface area contributed by atoms with Crippen LogP contribution < -0.4 is 10.7 Å². The summed E-state index contributed by atoms with van der Waals surface area (Å²) in [6, 6.07) is 5.84. The summed E-state index contributed by atoms with van der Waals surface area (Å²) in [5, 5.41) is 13.3. The van der Waals surface area contributed by atoms with Gasteiger partial charge < -0.3 is 19.9 Å². The molecular formula is C24H17ClF3N3O4. The summed E-state index contributed by atoms with van der Waals surface area (Å²) in [6.07, 6.45) is 1.58. The van der Waals surface area contributed by atoms with E-state index in [1.165, 1.54) is 15.7 Å². The molecule has 3 aromatic rings. The van der Waals surface area contributed by atoms with Crippen molar-refractivity contribution in [1.29, 1.82) is 0 Å². The van der Waals surface area contributed by atoms with Crippen LogP contribution in [-0.4, -0.2) is 32.9 Å². The van der Waals surface area contributed by atoms with E-state index in [-0.39, 0.29) is 18.8 Å². The highest BCUT2D eigenvalue weighted by atomic mass is 35.5. The smallest absolute Gasteiger partial charge is 0.274 e. The van der Waals surface area contributed by atoms with Crippen molar-refractivity contribution < 1.29 is 27.9 Å². The van der Waals surface area contributed by atoms with Gasteiger partial charge in [-0.15, -0.1) is 0 Å². The molecule has 0 saturated carbocycles. The number of carbonyl (C=O) groups excluding carboxylic acids is 2. The first-order valence-electron chi connectivity index (χ1n) is 10.6. The Morgan fingerprint density at radius 2 is 1.83 bits per heavy atom. The number of amides is 2. The summed E-state index contributed by atoms with van der Waals surface area (Å²) in [5.74, 6) is -5.99. The molecule has 3 heterocycles. The normalized spacial score (nSPS) is 16.4. The third-order valence-corrected chi connectivity index (χ3v) is 6.52. The van der Waals surface area contributed by atoms with Crippen molar-refractivity contribution in [1.82, 2.24) is 14.8 Å². The highest BCUT2D eigenvalue weighted by molar-refractivity contribution is 6.30. The van der Waals surface area contributed by atoms with Gasteiger partial charge in [0.2, 0.25) is 5.43 Å². The van der Waals surface area contributed by atoms with Gasteiger partial charge in [-0.25, -0.2) is 13.2 Å². The molecule has 2 aliphatic heterocycles. The van der Waals surface area contributed by atoms with Gasteiger partial charge in [0.15, 0.2) is 11.4 Å². The highest BCUT2D eigenvalue weighted by Gasteiger charge is 2.37. The van der Waals surface area contributed by atoms with E-state index in [9.17, 15) is 32.7 Å². The van der Waals surface area contributed by atoms with Crippen LogP contribution in [0, 0.1) is 17.5 Å². The van der Waals surface area contributed by atoms with Crippen LogP contribution in [0.2, 0.25) is 5.02 Å². The molecule has 2 amide bonds. The summed E-state index contributed by atoms with van der Waals surface area (Å²) in [6.45, 7) is -0.124. The van der Waals surface area contributed by atoms with Crippen LogP contribution in [0.25, 0.3) is 0 Å². The Kier molecular flexibility index (Phi) is 5.55. The van der Waals surface area contributed by atoms with Gasteiger partial charge in [-0.05, 0) is 29.7 Å². The van der Waals surface area contributed by atoms with Gasteiger partial charge in [0.25, 0.3) is 11.8 Å². The lowest BCUT2D eigenvalue weighted by Gasteiger charge is -2.34. The molecule has 1 unspecified atom stereocenters. The summed E-state index contributed by atoms with van der Waals surface area (Å²) in [5.41, 5.74) is -0.671. The molecule has 0 radical (unpaired) electrons. The summed E-state index contributed by atoms with van der Waals surface area (Å²) < 4.78 is 42.3. The minimum absolute atomic E-state index is 0.239. The van der Waals surface area contributed by atoms with Crippen LogP contribution in [0.3, 0.4) is 0 Å². The van der Waals surface area contributed by atoms with Crippen molar-refractivity contribution in [3.05, 3.63) is 97.2 Å². The predicted molar refractivity (Wildman–Crippen MR) is 119 cm³/mol. The number of aromatic hydroxyl groups is 1. The number of nitrogens with one attached hydrogen (secondary N) is 1. The minimum atomic E-state index is -1.20. The van der Waals surface area contributed by atoms with Gasteiger partial charge >= 0.3 is 0 Å². The molecule has 2 N–H and O–H groups in total. The van der Waals surface area contributed by atoms with Crippen LogP contribution in [0.5, 0.6) is 5.75 Å². The Morgan fingerprint density at radius 1 is 1.11 bits per heavy atom. The second-order valence-corrected chi connectivity index (χ2v) is 8.90. The van der Waals surface area contributed by atoms with Gasteiger partial charge in [0, 0.05) is 48.5 Å². The van der Waals surface area contributed by atoms with Crippen LogP contribution in [0.1, 0.15) is 43.6 Å². The number of pyridine rings is 1. The number of nitrogens with zero attached hydrogens (tertiary/aromatic N) is 2. The number of halogens is 4. The molecule has 5 rings (SSSR count). The lowest BCUT2D eigenvalue weighted by atomic mass is 10.0. The number of rotatable bonds is 3. The molecule has 1 aromatic heterocycles. The SMILES string of the molecule is O=C(NCc1c(F)cc(F)cc1F)c1cn2c(c(O)c1=O)C(=O)N1Cc3ccc(Cl)cc3CC2C1. The number of carbonyl (C=O) groups is 2. The van der Waals surface area contributed by atoms with Crippen LogP contribution in [0.4, 0.5) is 13.2 Å². The second kappa shape index (κ2) is 8.46.